The molecular formula is C17H16N3O3S+. The van der Waals surface area contributed by atoms with Crippen LogP contribution in [0.3, 0.4) is 0 Å². The Morgan fingerprint density at radius 3 is 2.79 bits per heavy atom. The first-order chi connectivity index (χ1) is 11.7. The summed E-state index contributed by atoms with van der Waals surface area (Å²) in [5.41, 5.74) is 1.96. The molecule has 2 aromatic heterocycles. The van der Waals surface area contributed by atoms with Gasteiger partial charge in [0.1, 0.15) is 12.6 Å². The van der Waals surface area contributed by atoms with Crippen LogP contribution >= 0.6 is 11.8 Å². The van der Waals surface area contributed by atoms with Crippen LogP contribution in [0.5, 0.6) is 0 Å². The molecule has 0 aliphatic rings. The van der Waals surface area contributed by atoms with Gasteiger partial charge < -0.3 is 4.74 Å². The largest absolute Gasteiger partial charge is 0.451 e. The van der Waals surface area contributed by atoms with Gasteiger partial charge >= 0.3 is 5.97 Å². The molecule has 0 spiro atoms. The van der Waals surface area contributed by atoms with E-state index in [-0.39, 0.29) is 12.6 Å². The number of rotatable bonds is 5. The highest BCUT2D eigenvalue weighted by Gasteiger charge is 2.18. The number of carbonyl (C=O) groups excluding carboxylic acids is 1. The molecule has 0 fully saturated rings. The Morgan fingerprint density at radius 2 is 2.08 bits per heavy atom. The minimum atomic E-state index is -0.382. The number of ether oxygens (including phenoxy) is 1. The topological polar surface area (TPSA) is 65.2 Å². The van der Waals surface area contributed by atoms with Crippen LogP contribution in [0.25, 0.3) is 10.9 Å². The zero-order valence-electron chi connectivity index (χ0n) is 13.3. The fraction of sp³-hybridized carbons (Fsp3) is 0.176. The summed E-state index contributed by atoms with van der Waals surface area (Å²) in [6.07, 6.45) is 5.42. The molecule has 0 aliphatic carbocycles. The molecule has 0 N–H and O–H groups in total. The van der Waals surface area contributed by atoms with E-state index < -0.39 is 0 Å². The summed E-state index contributed by atoms with van der Waals surface area (Å²) in [6.45, 7) is 0.0851. The number of pyridine rings is 1. The molecule has 0 amide bonds. The van der Waals surface area contributed by atoms with E-state index in [4.69, 9.17) is 9.57 Å². The number of benzene rings is 1. The number of esters is 1. The summed E-state index contributed by atoms with van der Waals surface area (Å²) < 4.78 is 6.91. The normalized spacial score (nSPS) is 10.6. The number of hydrogen-bond acceptors (Lipinski definition) is 6. The van der Waals surface area contributed by atoms with E-state index in [0.717, 1.165) is 10.9 Å². The van der Waals surface area contributed by atoms with Crippen molar-refractivity contribution in [2.45, 2.75) is 11.8 Å². The minimum Gasteiger partial charge on any atom is -0.451 e. The number of nitrogens with zero attached hydrogens (tertiary/aromatic N) is 3. The zero-order chi connectivity index (χ0) is 16.9. The van der Waals surface area contributed by atoms with Gasteiger partial charge in [-0.05, 0) is 18.4 Å². The molecule has 2 heterocycles. The molecular weight excluding hydrogens is 326 g/mol. The lowest BCUT2D eigenvalue weighted by Crippen LogP contribution is -2.44. The standard InChI is InChI=1S/C17H16N3O3S/c1-22-20-10-15-13(9-18-17(19-15)24-2)8-14(20)11-23-16(21)12-6-4-3-5-7-12/h3-10H,11H2,1-2H3/q+1. The van der Waals surface area contributed by atoms with Gasteiger partial charge in [0.25, 0.3) is 5.69 Å². The molecule has 1 aromatic carbocycles. The molecule has 3 aromatic rings. The predicted molar refractivity (Wildman–Crippen MR) is 89.6 cm³/mol. The Hall–Kier alpha value is -2.67. The van der Waals surface area contributed by atoms with Crippen LogP contribution in [0.2, 0.25) is 0 Å². The summed E-state index contributed by atoms with van der Waals surface area (Å²) in [6, 6.07) is 10.7. The SMILES string of the molecule is CO[n+]1cc2nc(SC)ncc2cc1COC(=O)c1ccccc1. The monoisotopic (exact) mass is 342 g/mol. The van der Waals surface area contributed by atoms with Crippen LogP contribution in [0.15, 0.2) is 53.9 Å². The molecule has 6 nitrogen and oxygen atoms in total. The Morgan fingerprint density at radius 1 is 1.29 bits per heavy atom. The third-order valence-corrected chi connectivity index (χ3v) is 3.97. The number of fused-ring (bicyclic) bond motifs is 1. The maximum absolute atomic E-state index is 12.1. The number of aromatic nitrogens is 3. The average Bonchev–Trinajstić information content (AvgIpc) is 2.65. The lowest BCUT2D eigenvalue weighted by atomic mass is 10.2. The quantitative estimate of drug-likeness (QED) is 0.306. The lowest BCUT2D eigenvalue weighted by Gasteiger charge is -2.05. The van der Waals surface area contributed by atoms with Gasteiger partial charge in [0.2, 0.25) is 6.20 Å². The first-order valence-electron chi connectivity index (χ1n) is 7.23. The molecule has 0 atom stereocenters. The molecule has 0 unspecified atom stereocenters. The lowest BCUT2D eigenvalue weighted by molar-refractivity contribution is -0.890. The van der Waals surface area contributed by atoms with Crippen molar-refractivity contribution in [3.8, 4) is 0 Å². The molecule has 7 heteroatoms. The maximum Gasteiger partial charge on any atom is 0.338 e. The fourth-order valence-electron chi connectivity index (χ4n) is 2.21. The second-order valence-electron chi connectivity index (χ2n) is 4.91. The third-order valence-electron chi connectivity index (χ3n) is 3.41. The second kappa shape index (κ2) is 7.27. The number of hydrogen-bond donors (Lipinski definition) is 0. The number of carbonyl (C=O) groups is 1. The van der Waals surface area contributed by atoms with Crippen LogP contribution in [-0.2, 0) is 11.3 Å². The van der Waals surface area contributed by atoms with Crippen LogP contribution in [0.4, 0.5) is 0 Å². The van der Waals surface area contributed by atoms with Crippen molar-refractivity contribution in [1.29, 1.82) is 0 Å². The van der Waals surface area contributed by atoms with Gasteiger partial charge in [-0.2, -0.15) is 0 Å². The van der Waals surface area contributed by atoms with E-state index in [1.807, 2.05) is 18.4 Å². The highest BCUT2D eigenvalue weighted by molar-refractivity contribution is 7.98. The van der Waals surface area contributed by atoms with Crippen molar-refractivity contribution in [3.63, 3.8) is 0 Å². The summed E-state index contributed by atoms with van der Waals surface area (Å²) >= 11 is 1.47. The Bertz CT molecular complexity index is 872. The van der Waals surface area contributed by atoms with Crippen molar-refractivity contribution in [1.82, 2.24) is 9.97 Å². The van der Waals surface area contributed by atoms with Crippen LogP contribution in [-0.4, -0.2) is 29.3 Å². The molecule has 122 valence electrons. The van der Waals surface area contributed by atoms with E-state index in [9.17, 15) is 4.79 Å². The van der Waals surface area contributed by atoms with Crippen molar-refractivity contribution in [2.24, 2.45) is 0 Å². The highest BCUT2D eigenvalue weighted by Crippen LogP contribution is 2.15. The van der Waals surface area contributed by atoms with E-state index in [2.05, 4.69) is 9.97 Å². The van der Waals surface area contributed by atoms with Crippen molar-refractivity contribution in [2.75, 3.05) is 13.4 Å². The van der Waals surface area contributed by atoms with E-state index in [0.29, 0.717) is 16.4 Å². The first-order valence-corrected chi connectivity index (χ1v) is 8.45. The molecule has 0 saturated carbocycles. The van der Waals surface area contributed by atoms with Crippen molar-refractivity contribution < 1.29 is 19.1 Å². The van der Waals surface area contributed by atoms with Crippen molar-refractivity contribution in [3.05, 3.63) is 60.0 Å². The molecule has 0 bridgehead atoms. The van der Waals surface area contributed by atoms with Gasteiger partial charge in [-0.15, -0.1) is 0 Å². The van der Waals surface area contributed by atoms with Gasteiger partial charge in [0.15, 0.2) is 11.8 Å². The maximum atomic E-state index is 12.1. The van der Waals surface area contributed by atoms with E-state index in [1.165, 1.54) is 16.5 Å². The molecule has 0 aliphatic heterocycles. The molecule has 0 saturated heterocycles. The van der Waals surface area contributed by atoms with Gasteiger partial charge in [-0.3, -0.25) is 4.84 Å². The minimum absolute atomic E-state index is 0.0851. The fourth-order valence-corrected chi connectivity index (χ4v) is 2.56. The molecule has 24 heavy (non-hydrogen) atoms. The van der Waals surface area contributed by atoms with Gasteiger partial charge in [-0.1, -0.05) is 30.0 Å². The predicted octanol–water partition coefficient (Wildman–Crippen LogP) is 2.05. The zero-order valence-corrected chi connectivity index (χ0v) is 14.1. The van der Waals surface area contributed by atoms with E-state index >= 15 is 0 Å². The van der Waals surface area contributed by atoms with Crippen LogP contribution in [0, 0.1) is 0 Å². The summed E-state index contributed by atoms with van der Waals surface area (Å²) in [5.74, 6) is -0.382. The van der Waals surface area contributed by atoms with Crippen molar-refractivity contribution >= 4 is 28.6 Å². The van der Waals surface area contributed by atoms with Gasteiger partial charge in [0.05, 0.1) is 5.56 Å². The van der Waals surface area contributed by atoms with Gasteiger partial charge in [-0.25, -0.2) is 14.8 Å². The Balaban J connectivity index is 1.84. The Labute approximate surface area is 143 Å². The average molecular weight is 342 g/mol. The Kier molecular flexibility index (Phi) is 4.90. The van der Waals surface area contributed by atoms with E-state index in [1.54, 1.807) is 43.8 Å². The first kappa shape index (κ1) is 16.2. The van der Waals surface area contributed by atoms with Gasteiger partial charge in [0, 0.05) is 22.4 Å². The van der Waals surface area contributed by atoms with Crippen LogP contribution < -0.4 is 9.57 Å². The highest BCUT2D eigenvalue weighted by atomic mass is 32.2. The summed E-state index contributed by atoms with van der Waals surface area (Å²) in [5, 5.41) is 1.54. The van der Waals surface area contributed by atoms with Crippen LogP contribution in [0.1, 0.15) is 16.1 Å². The molecule has 3 rings (SSSR count). The smallest absolute Gasteiger partial charge is 0.338 e. The summed E-state index contributed by atoms with van der Waals surface area (Å²) in [7, 11) is 1.55. The molecule has 0 radical (unpaired) electrons. The summed E-state index contributed by atoms with van der Waals surface area (Å²) in [4.78, 5) is 26.1. The number of thioether (sulfide) groups is 1. The second-order valence-corrected chi connectivity index (χ2v) is 5.69. The third kappa shape index (κ3) is 3.46.